The number of nitrogens with zero attached hydrogens (tertiary/aromatic N) is 5. The van der Waals surface area contributed by atoms with Gasteiger partial charge in [0.1, 0.15) is 22.8 Å². The highest BCUT2D eigenvalue weighted by molar-refractivity contribution is 5.96. The Labute approximate surface area is 241 Å². The zero-order valence-electron chi connectivity index (χ0n) is 24.2. The van der Waals surface area contributed by atoms with Gasteiger partial charge in [-0.15, -0.1) is 0 Å². The Morgan fingerprint density at radius 3 is 2.60 bits per heavy atom. The molecule has 1 fully saturated rings. The lowest BCUT2D eigenvalue weighted by Crippen LogP contribution is -2.37. The van der Waals surface area contributed by atoms with Crippen molar-refractivity contribution in [3.63, 3.8) is 0 Å². The number of benzene rings is 2. The molecule has 42 heavy (non-hydrogen) atoms. The van der Waals surface area contributed by atoms with Crippen LogP contribution in [0.2, 0.25) is 0 Å². The van der Waals surface area contributed by atoms with Crippen molar-refractivity contribution in [3.05, 3.63) is 65.9 Å². The Balaban J connectivity index is 1.33. The number of hydrogen-bond donors (Lipinski definition) is 1. The third-order valence-corrected chi connectivity index (χ3v) is 8.35. The standard InChI is InChI=1S/C32H32F2N6O2/c1-17-18(2)42-31(4,5)29(17)28-27(41-22-6-7-23-25(10-22)38-19(3)37-23)9-8-24-30(28)39-26(14-35-24)21-13-36-40(16-21)15-20-11-32(33,34)12-20/h6-10,13-14,16,18,20H,11-12,15H2,1-5H3,(H,37,38). The van der Waals surface area contributed by atoms with E-state index in [4.69, 9.17) is 19.4 Å². The van der Waals surface area contributed by atoms with Crippen LogP contribution in [0.1, 0.15) is 51.9 Å². The van der Waals surface area contributed by atoms with Crippen LogP contribution >= 0.6 is 0 Å². The molecule has 8 nitrogen and oxygen atoms in total. The van der Waals surface area contributed by atoms with Gasteiger partial charge in [0.25, 0.3) is 0 Å². The lowest BCUT2D eigenvalue weighted by atomic mass is 9.81. The third kappa shape index (κ3) is 4.63. The first-order chi connectivity index (χ1) is 20.0. The first-order valence-corrected chi connectivity index (χ1v) is 14.2. The van der Waals surface area contributed by atoms with Crippen LogP contribution < -0.4 is 4.74 Å². The summed E-state index contributed by atoms with van der Waals surface area (Å²) in [7, 11) is 0. The Bertz CT molecular complexity index is 1880. The largest absolute Gasteiger partial charge is 0.457 e. The van der Waals surface area contributed by atoms with Crippen LogP contribution in [0, 0.1) is 12.8 Å². The van der Waals surface area contributed by atoms with Gasteiger partial charge in [-0.3, -0.25) is 9.67 Å². The van der Waals surface area contributed by atoms with Crippen molar-refractivity contribution in [3.8, 4) is 22.8 Å². The highest BCUT2D eigenvalue weighted by Gasteiger charge is 2.45. The van der Waals surface area contributed by atoms with Gasteiger partial charge in [-0.25, -0.2) is 18.7 Å². The molecule has 1 N–H and O–H groups in total. The zero-order valence-corrected chi connectivity index (χ0v) is 24.2. The van der Waals surface area contributed by atoms with Crippen LogP contribution in [0.5, 0.6) is 11.5 Å². The van der Waals surface area contributed by atoms with Crippen LogP contribution in [0.3, 0.4) is 0 Å². The molecule has 0 saturated heterocycles. The van der Waals surface area contributed by atoms with E-state index >= 15 is 0 Å². The van der Waals surface area contributed by atoms with Crippen LogP contribution in [-0.4, -0.2) is 47.3 Å². The van der Waals surface area contributed by atoms with E-state index in [-0.39, 0.29) is 24.9 Å². The molecule has 1 aliphatic carbocycles. The van der Waals surface area contributed by atoms with Gasteiger partial charge in [0.15, 0.2) is 0 Å². The maximum absolute atomic E-state index is 13.3. The minimum Gasteiger partial charge on any atom is -0.457 e. The number of fused-ring (bicyclic) bond motifs is 2. The zero-order chi connectivity index (χ0) is 29.4. The maximum atomic E-state index is 13.3. The Morgan fingerprint density at radius 1 is 1.07 bits per heavy atom. The summed E-state index contributed by atoms with van der Waals surface area (Å²) in [5.41, 5.74) is 6.96. The first-order valence-electron chi connectivity index (χ1n) is 14.2. The first kappa shape index (κ1) is 26.7. The number of nitrogens with one attached hydrogen (secondary N) is 1. The highest BCUT2D eigenvalue weighted by atomic mass is 19.3. The van der Waals surface area contributed by atoms with Crippen LogP contribution in [0.25, 0.3) is 38.9 Å². The maximum Gasteiger partial charge on any atom is 0.248 e. The average Bonchev–Trinajstić information content (AvgIpc) is 3.58. The normalized spacial score (nSPS) is 20.0. The smallest absolute Gasteiger partial charge is 0.248 e. The number of aryl methyl sites for hydroxylation is 1. The molecule has 0 spiro atoms. The molecule has 4 heterocycles. The molecule has 7 rings (SSSR count). The SMILES string of the molecule is CC1=C(c2c(Oc3ccc4nc(C)[nH]c4c3)ccc3ncc(-c4cnn(CC5CC(F)(F)C5)c4)nc23)C(C)(C)OC1C. The minimum absolute atomic E-state index is 0.0734. The van der Waals surface area contributed by atoms with Gasteiger partial charge in [-0.1, -0.05) is 0 Å². The van der Waals surface area contributed by atoms with Crippen LogP contribution in [0.15, 0.2) is 54.5 Å². The molecule has 0 amide bonds. The van der Waals surface area contributed by atoms with Gasteiger partial charge in [0.05, 0.1) is 51.9 Å². The van der Waals surface area contributed by atoms with Gasteiger partial charge >= 0.3 is 0 Å². The number of aromatic nitrogens is 6. The van der Waals surface area contributed by atoms with Crippen molar-refractivity contribution in [2.45, 2.75) is 71.6 Å². The molecule has 10 heteroatoms. The van der Waals surface area contributed by atoms with Crippen molar-refractivity contribution in [1.29, 1.82) is 0 Å². The van der Waals surface area contributed by atoms with E-state index in [0.29, 0.717) is 29.3 Å². The summed E-state index contributed by atoms with van der Waals surface area (Å²) >= 11 is 0. The molecule has 3 aromatic heterocycles. The molecule has 216 valence electrons. The average molecular weight is 571 g/mol. The number of imidazole rings is 1. The highest BCUT2D eigenvalue weighted by Crippen LogP contribution is 2.48. The second-order valence-corrected chi connectivity index (χ2v) is 12.1. The van der Waals surface area contributed by atoms with Gasteiger partial charge in [0, 0.05) is 37.2 Å². The molecule has 5 aromatic rings. The predicted molar refractivity (Wildman–Crippen MR) is 157 cm³/mol. The van der Waals surface area contributed by atoms with E-state index in [1.807, 2.05) is 50.4 Å². The third-order valence-electron chi connectivity index (χ3n) is 8.35. The summed E-state index contributed by atoms with van der Waals surface area (Å²) in [5, 5.41) is 4.43. The number of hydrogen-bond acceptors (Lipinski definition) is 6. The summed E-state index contributed by atoms with van der Waals surface area (Å²) < 4.78 is 41.4. The fourth-order valence-electron chi connectivity index (χ4n) is 6.37. The molecular formula is C32H32F2N6O2. The molecule has 1 unspecified atom stereocenters. The molecule has 1 aliphatic heterocycles. The van der Waals surface area contributed by atoms with E-state index in [1.165, 1.54) is 0 Å². The van der Waals surface area contributed by atoms with Gasteiger partial charge in [-0.2, -0.15) is 5.10 Å². The van der Waals surface area contributed by atoms with E-state index in [0.717, 1.165) is 44.6 Å². The monoisotopic (exact) mass is 570 g/mol. The molecule has 0 bridgehead atoms. The minimum atomic E-state index is -2.55. The molecular weight excluding hydrogens is 538 g/mol. The Hall–Kier alpha value is -4.18. The number of aromatic amines is 1. The van der Waals surface area contributed by atoms with E-state index in [2.05, 4.69) is 35.8 Å². The van der Waals surface area contributed by atoms with Gasteiger partial charge < -0.3 is 14.5 Å². The Kier molecular flexibility index (Phi) is 5.99. The summed E-state index contributed by atoms with van der Waals surface area (Å²) in [6, 6.07) is 9.62. The fourth-order valence-corrected chi connectivity index (χ4v) is 6.37. The molecule has 1 atom stereocenters. The second-order valence-electron chi connectivity index (χ2n) is 12.1. The number of alkyl halides is 2. The summed E-state index contributed by atoms with van der Waals surface area (Å²) in [5.74, 6) is -0.475. The van der Waals surface area contributed by atoms with Crippen LogP contribution in [0.4, 0.5) is 8.78 Å². The van der Waals surface area contributed by atoms with Crippen molar-refractivity contribution < 1.29 is 18.3 Å². The summed E-state index contributed by atoms with van der Waals surface area (Å²) in [4.78, 5) is 17.6. The number of rotatable bonds is 6. The van der Waals surface area contributed by atoms with Crippen molar-refractivity contribution >= 4 is 27.6 Å². The van der Waals surface area contributed by atoms with Crippen molar-refractivity contribution in [1.82, 2.24) is 29.7 Å². The van der Waals surface area contributed by atoms with Crippen molar-refractivity contribution in [2.24, 2.45) is 5.92 Å². The quantitative estimate of drug-likeness (QED) is 0.228. The topological polar surface area (TPSA) is 90.7 Å². The lowest BCUT2D eigenvalue weighted by Gasteiger charge is -2.34. The van der Waals surface area contributed by atoms with Gasteiger partial charge in [0.2, 0.25) is 5.92 Å². The van der Waals surface area contributed by atoms with Crippen molar-refractivity contribution in [2.75, 3.05) is 0 Å². The predicted octanol–water partition coefficient (Wildman–Crippen LogP) is 7.49. The van der Waals surface area contributed by atoms with E-state index < -0.39 is 11.5 Å². The molecule has 2 aliphatic rings. The van der Waals surface area contributed by atoms with Crippen LogP contribution in [-0.2, 0) is 11.3 Å². The molecule has 1 saturated carbocycles. The number of halogens is 2. The van der Waals surface area contributed by atoms with E-state index in [1.54, 1.807) is 17.1 Å². The molecule has 2 aromatic carbocycles. The summed E-state index contributed by atoms with van der Waals surface area (Å²) in [6.07, 6.45) is 5.02. The molecule has 0 radical (unpaired) electrons. The number of ether oxygens (including phenoxy) is 2. The van der Waals surface area contributed by atoms with Gasteiger partial charge in [-0.05, 0) is 75.9 Å². The Morgan fingerprint density at radius 2 is 1.86 bits per heavy atom. The number of H-pyrrole nitrogens is 1. The summed E-state index contributed by atoms with van der Waals surface area (Å²) in [6.45, 7) is 10.6. The fraction of sp³-hybridized carbons (Fsp3) is 0.375. The second kappa shape index (κ2) is 9.42. The lowest BCUT2D eigenvalue weighted by molar-refractivity contribution is -0.114. The van der Waals surface area contributed by atoms with E-state index in [9.17, 15) is 8.78 Å².